The van der Waals surface area contributed by atoms with Gasteiger partial charge >= 0.3 is 6.03 Å². The van der Waals surface area contributed by atoms with Crippen molar-refractivity contribution in [2.75, 3.05) is 26.2 Å². The van der Waals surface area contributed by atoms with Crippen molar-refractivity contribution in [1.29, 1.82) is 0 Å². The van der Waals surface area contributed by atoms with Crippen molar-refractivity contribution < 1.29 is 9.21 Å². The molecule has 0 unspecified atom stereocenters. The highest BCUT2D eigenvalue weighted by Crippen LogP contribution is 2.25. The van der Waals surface area contributed by atoms with E-state index in [1.165, 1.54) is 18.4 Å². The summed E-state index contributed by atoms with van der Waals surface area (Å²) >= 11 is 0. The van der Waals surface area contributed by atoms with Crippen molar-refractivity contribution >= 4 is 17.1 Å². The molecule has 1 N–H and O–H groups in total. The van der Waals surface area contributed by atoms with E-state index in [0.29, 0.717) is 12.6 Å². The highest BCUT2D eigenvalue weighted by molar-refractivity contribution is 5.80. The summed E-state index contributed by atoms with van der Waals surface area (Å²) in [5.74, 6) is 0.735. The van der Waals surface area contributed by atoms with Crippen molar-refractivity contribution in [3.05, 3.63) is 54.4 Å². The lowest BCUT2D eigenvalue weighted by molar-refractivity contribution is 0.127. The van der Waals surface area contributed by atoms with Crippen LogP contribution in [0.3, 0.4) is 0 Å². The van der Waals surface area contributed by atoms with Gasteiger partial charge in [0.25, 0.3) is 0 Å². The monoisotopic (exact) mass is 404 g/mol. The van der Waals surface area contributed by atoms with Gasteiger partial charge in [0.1, 0.15) is 5.52 Å². The SMILES string of the molecule is O=C(NC1CCCC1)N1CCN(Cc2nc3cc(-c4ccccc4)ccc3o2)CC1. The lowest BCUT2D eigenvalue weighted by Gasteiger charge is -2.34. The first-order valence-corrected chi connectivity index (χ1v) is 11.0. The molecule has 156 valence electrons. The molecule has 30 heavy (non-hydrogen) atoms. The number of nitrogens with one attached hydrogen (secondary N) is 1. The Morgan fingerprint density at radius 2 is 1.77 bits per heavy atom. The molecule has 5 rings (SSSR count). The van der Waals surface area contributed by atoms with Crippen LogP contribution in [0.15, 0.2) is 52.9 Å². The summed E-state index contributed by atoms with van der Waals surface area (Å²) in [6.45, 7) is 3.85. The van der Waals surface area contributed by atoms with Gasteiger partial charge in [-0.3, -0.25) is 4.90 Å². The molecule has 2 aromatic carbocycles. The Morgan fingerprint density at radius 1 is 1.00 bits per heavy atom. The van der Waals surface area contributed by atoms with Gasteiger partial charge in [-0.15, -0.1) is 0 Å². The molecule has 3 aromatic rings. The third kappa shape index (κ3) is 4.19. The maximum absolute atomic E-state index is 12.5. The van der Waals surface area contributed by atoms with Gasteiger partial charge in [-0.05, 0) is 36.1 Å². The summed E-state index contributed by atoms with van der Waals surface area (Å²) in [7, 11) is 0. The van der Waals surface area contributed by atoms with E-state index in [9.17, 15) is 4.79 Å². The van der Waals surface area contributed by atoms with Crippen molar-refractivity contribution in [3.8, 4) is 11.1 Å². The van der Waals surface area contributed by atoms with Gasteiger partial charge in [-0.2, -0.15) is 0 Å². The Morgan fingerprint density at radius 3 is 2.53 bits per heavy atom. The van der Waals surface area contributed by atoms with Crippen molar-refractivity contribution in [2.45, 2.75) is 38.3 Å². The first-order valence-electron chi connectivity index (χ1n) is 11.0. The fourth-order valence-electron chi connectivity index (χ4n) is 4.49. The minimum atomic E-state index is 0.0943. The number of carbonyl (C=O) groups excluding carboxylic acids is 1. The highest BCUT2D eigenvalue weighted by atomic mass is 16.3. The molecule has 0 atom stereocenters. The van der Waals surface area contributed by atoms with E-state index >= 15 is 0 Å². The zero-order valence-electron chi connectivity index (χ0n) is 17.2. The molecule has 6 nitrogen and oxygen atoms in total. The summed E-state index contributed by atoms with van der Waals surface area (Å²) < 4.78 is 5.98. The minimum absolute atomic E-state index is 0.0943. The number of hydrogen-bond donors (Lipinski definition) is 1. The number of hydrogen-bond acceptors (Lipinski definition) is 4. The summed E-state index contributed by atoms with van der Waals surface area (Å²) in [5.41, 5.74) is 4.03. The predicted octanol–water partition coefficient (Wildman–Crippen LogP) is 4.26. The van der Waals surface area contributed by atoms with Crippen LogP contribution in [0.5, 0.6) is 0 Å². The average Bonchev–Trinajstić information content (AvgIpc) is 3.43. The minimum Gasteiger partial charge on any atom is -0.439 e. The predicted molar refractivity (Wildman–Crippen MR) is 117 cm³/mol. The third-order valence-corrected chi connectivity index (χ3v) is 6.24. The van der Waals surface area contributed by atoms with Gasteiger partial charge in [0.05, 0.1) is 6.54 Å². The number of piperazine rings is 1. The number of carbonyl (C=O) groups is 1. The topological polar surface area (TPSA) is 61.6 Å². The van der Waals surface area contributed by atoms with Gasteiger partial charge in [0.2, 0.25) is 5.89 Å². The number of aromatic nitrogens is 1. The van der Waals surface area contributed by atoms with E-state index in [4.69, 9.17) is 9.40 Å². The van der Waals surface area contributed by atoms with Crippen LogP contribution in [0.2, 0.25) is 0 Å². The van der Waals surface area contributed by atoms with Crippen LogP contribution in [-0.2, 0) is 6.54 Å². The molecule has 1 saturated carbocycles. The van der Waals surface area contributed by atoms with E-state index in [1.54, 1.807) is 0 Å². The number of rotatable bonds is 4. The molecule has 0 bridgehead atoms. The van der Waals surface area contributed by atoms with E-state index in [-0.39, 0.29) is 6.03 Å². The van der Waals surface area contributed by atoms with Crippen LogP contribution in [0, 0.1) is 0 Å². The zero-order chi connectivity index (χ0) is 20.3. The van der Waals surface area contributed by atoms with Gasteiger partial charge in [0.15, 0.2) is 5.58 Å². The molecule has 1 aliphatic carbocycles. The number of benzene rings is 2. The molecular weight excluding hydrogens is 376 g/mol. The quantitative estimate of drug-likeness (QED) is 0.706. The second-order valence-electron chi connectivity index (χ2n) is 8.35. The van der Waals surface area contributed by atoms with E-state index in [1.807, 2.05) is 29.2 Å². The normalized spacial score (nSPS) is 18.2. The average molecular weight is 405 g/mol. The van der Waals surface area contributed by atoms with Crippen molar-refractivity contribution in [3.63, 3.8) is 0 Å². The summed E-state index contributed by atoms with van der Waals surface area (Å²) in [6.07, 6.45) is 4.71. The molecule has 2 aliphatic rings. The number of fused-ring (bicyclic) bond motifs is 1. The fourth-order valence-corrected chi connectivity index (χ4v) is 4.49. The molecule has 6 heteroatoms. The first kappa shape index (κ1) is 19.1. The Bertz CT molecular complexity index is 1000. The molecule has 1 saturated heterocycles. The van der Waals surface area contributed by atoms with E-state index < -0.39 is 0 Å². The second-order valence-corrected chi connectivity index (χ2v) is 8.35. The summed E-state index contributed by atoms with van der Waals surface area (Å²) in [4.78, 5) is 21.4. The lowest BCUT2D eigenvalue weighted by Crippen LogP contribution is -2.52. The van der Waals surface area contributed by atoms with Crippen LogP contribution in [0.25, 0.3) is 22.2 Å². The van der Waals surface area contributed by atoms with Gasteiger partial charge < -0.3 is 14.6 Å². The Hall–Kier alpha value is -2.86. The van der Waals surface area contributed by atoms with E-state index in [0.717, 1.165) is 61.6 Å². The Balaban J connectivity index is 1.19. The van der Waals surface area contributed by atoms with Crippen LogP contribution < -0.4 is 5.32 Å². The Kier molecular flexibility index (Phi) is 5.41. The summed E-state index contributed by atoms with van der Waals surface area (Å²) in [6, 6.07) is 16.9. The molecule has 2 fully saturated rings. The smallest absolute Gasteiger partial charge is 0.317 e. The number of oxazole rings is 1. The van der Waals surface area contributed by atoms with Crippen LogP contribution in [0.1, 0.15) is 31.6 Å². The van der Waals surface area contributed by atoms with E-state index in [2.05, 4.69) is 34.5 Å². The lowest BCUT2D eigenvalue weighted by atomic mass is 10.1. The largest absolute Gasteiger partial charge is 0.439 e. The van der Waals surface area contributed by atoms with Gasteiger partial charge in [0, 0.05) is 32.2 Å². The standard InChI is InChI=1S/C24H28N4O2/c29-24(25-20-8-4-5-9-20)28-14-12-27(13-15-28)17-23-26-21-16-19(10-11-22(21)30-23)18-6-2-1-3-7-18/h1-3,6-7,10-11,16,20H,4-5,8-9,12-15,17H2,(H,25,29). The van der Waals surface area contributed by atoms with Crippen molar-refractivity contribution in [1.82, 2.24) is 20.1 Å². The maximum Gasteiger partial charge on any atom is 0.317 e. The molecule has 0 spiro atoms. The highest BCUT2D eigenvalue weighted by Gasteiger charge is 2.25. The zero-order valence-corrected chi connectivity index (χ0v) is 17.2. The molecular formula is C24H28N4O2. The van der Waals surface area contributed by atoms with Crippen molar-refractivity contribution in [2.24, 2.45) is 0 Å². The summed E-state index contributed by atoms with van der Waals surface area (Å²) in [5, 5.41) is 3.19. The van der Waals surface area contributed by atoms with Crippen LogP contribution in [0.4, 0.5) is 4.79 Å². The third-order valence-electron chi connectivity index (χ3n) is 6.24. The molecule has 1 aliphatic heterocycles. The van der Waals surface area contributed by atoms with Crippen LogP contribution >= 0.6 is 0 Å². The number of urea groups is 1. The molecule has 2 heterocycles. The fraction of sp³-hybridized carbons (Fsp3) is 0.417. The number of nitrogens with zero attached hydrogens (tertiary/aromatic N) is 3. The number of amides is 2. The molecule has 0 radical (unpaired) electrons. The Labute approximate surface area is 176 Å². The first-order chi connectivity index (χ1) is 14.7. The van der Waals surface area contributed by atoms with Gasteiger partial charge in [-0.1, -0.05) is 49.2 Å². The second kappa shape index (κ2) is 8.48. The molecule has 1 aromatic heterocycles. The molecule has 2 amide bonds. The van der Waals surface area contributed by atoms with Gasteiger partial charge in [-0.25, -0.2) is 9.78 Å². The van der Waals surface area contributed by atoms with Crippen LogP contribution in [-0.4, -0.2) is 53.0 Å². The maximum atomic E-state index is 12.5.